The minimum Gasteiger partial charge on any atom is -0.381 e. The SMILES string of the molecule is CC(C)(C)COCCCCCOCCCCCN1CC(OC(C)(C)C)C1. The van der Waals surface area contributed by atoms with Gasteiger partial charge >= 0.3 is 0 Å². The van der Waals surface area contributed by atoms with Crippen molar-refractivity contribution in [3.05, 3.63) is 0 Å². The summed E-state index contributed by atoms with van der Waals surface area (Å²) in [5.74, 6) is 0. The first-order valence-corrected chi connectivity index (χ1v) is 10.7. The summed E-state index contributed by atoms with van der Waals surface area (Å²) in [5.41, 5.74) is 0.272. The topological polar surface area (TPSA) is 30.9 Å². The van der Waals surface area contributed by atoms with E-state index in [9.17, 15) is 0 Å². The highest BCUT2D eigenvalue weighted by Gasteiger charge is 2.30. The van der Waals surface area contributed by atoms with Crippen molar-refractivity contribution in [2.45, 2.75) is 91.8 Å². The van der Waals surface area contributed by atoms with Gasteiger partial charge in [-0.05, 0) is 71.3 Å². The Labute approximate surface area is 162 Å². The van der Waals surface area contributed by atoms with E-state index in [-0.39, 0.29) is 11.0 Å². The molecule has 0 aromatic heterocycles. The van der Waals surface area contributed by atoms with Crippen molar-refractivity contribution < 1.29 is 14.2 Å². The van der Waals surface area contributed by atoms with Gasteiger partial charge in [0.15, 0.2) is 0 Å². The molecule has 0 atom stereocenters. The van der Waals surface area contributed by atoms with Crippen molar-refractivity contribution in [1.82, 2.24) is 4.90 Å². The van der Waals surface area contributed by atoms with E-state index >= 15 is 0 Å². The lowest BCUT2D eigenvalue weighted by Gasteiger charge is -2.42. The third kappa shape index (κ3) is 14.0. The summed E-state index contributed by atoms with van der Waals surface area (Å²) in [4.78, 5) is 2.50. The molecule has 0 bridgehead atoms. The summed E-state index contributed by atoms with van der Waals surface area (Å²) in [6.07, 6.45) is 7.68. The second-order valence-electron chi connectivity index (χ2n) is 9.96. The highest BCUT2D eigenvalue weighted by molar-refractivity contribution is 4.82. The van der Waals surface area contributed by atoms with Crippen LogP contribution in [0.4, 0.5) is 0 Å². The zero-order valence-electron chi connectivity index (χ0n) is 18.4. The van der Waals surface area contributed by atoms with Gasteiger partial charge in [-0.3, -0.25) is 4.90 Å². The first-order valence-electron chi connectivity index (χ1n) is 10.7. The van der Waals surface area contributed by atoms with Crippen LogP contribution in [0, 0.1) is 5.41 Å². The fourth-order valence-corrected chi connectivity index (χ4v) is 3.06. The molecule has 1 saturated heterocycles. The number of hydrogen-bond donors (Lipinski definition) is 0. The Kier molecular flexibility index (Phi) is 11.3. The molecule has 156 valence electrons. The molecule has 0 unspecified atom stereocenters. The van der Waals surface area contributed by atoms with Gasteiger partial charge in [0.1, 0.15) is 0 Å². The lowest BCUT2D eigenvalue weighted by atomic mass is 9.99. The van der Waals surface area contributed by atoms with Crippen LogP contribution < -0.4 is 0 Å². The third-order valence-electron chi connectivity index (χ3n) is 4.32. The van der Waals surface area contributed by atoms with Gasteiger partial charge in [-0.15, -0.1) is 0 Å². The quantitative estimate of drug-likeness (QED) is 0.406. The highest BCUT2D eigenvalue weighted by Crippen LogP contribution is 2.19. The van der Waals surface area contributed by atoms with Crippen LogP contribution in [0.3, 0.4) is 0 Å². The molecule has 26 heavy (non-hydrogen) atoms. The molecule has 1 heterocycles. The first kappa shape index (κ1) is 23.9. The molecule has 0 aromatic carbocycles. The molecule has 0 amide bonds. The predicted molar refractivity (Wildman–Crippen MR) is 110 cm³/mol. The Hall–Kier alpha value is -0.160. The van der Waals surface area contributed by atoms with Gasteiger partial charge in [0.25, 0.3) is 0 Å². The Morgan fingerprint density at radius 2 is 1.27 bits per heavy atom. The second-order valence-corrected chi connectivity index (χ2v) is 9.96. The van der Waals surface area contributed by atoms with Crippen LogP contribution >= 0.6 is 0 Å². The van der Waals surface area contributed by atoms with Gasteiger partial charge in [0.05, 0.1) is 18.3 Å². The van der Waals surface area contributed by atoms with E-state index in [1.165, 1.54) is 32.2 Å². The summed E-state index contributed by atoms with van der Waals surface area (Å²) >= 11 is 0. The van der Waals surface area contributed by atoms with E-state index in [4.69, 9.17) is 14.2 Å². The maximum Gasteiger partial charge on any atom is 0.0835 e. The fourth-order valence-electron chi connectivity index (χ4n) is 3.06. The maximum atomic E-state index is 5.96. The molecule has 4 heteroatoms. The molecule has 0 N–H and O–H groups in total. The average Bonchev–Trinajstić information content (AvgIpc) is 2.46. The smallest absolute Gasteiger partial charge is 0.0835 e. The van der Waals surface area contributed by atoms with Crippen LogP contribution in [0.5, 0.6) is 0 Å². The summed E-state index contributed by atoms with van der Waals surface area (Å²) in [7, 11) is 0. The summed E-state index contributed by atoms with van der Waals surface area (Å²) in [6, 6.07) is 0. The van der Waals surface area contributed by atoms with Gasteiger partial charge in [-0.2, -0.15) is 0 Å². The van der Waals surface area contributed by atoms with Crippen LogP contribution in [0.1, 0.15) is 80.1 Å². The van der Waals surface area contributed by atoms with E-state index < -0.39 is 0 Å². The van der Waals surface area contributed by atoms with E-state index in [1.54, 1.807) is 0 Å². The van der Waals surface area contributed by atoms with Gasteiger partial charge in [0.2, 0.25) is 0 Å². The lowest BCUT2D eigenvalue weighted by molar-refractivity contribution is -0.124. The predicted octanol–water partition coefficient (Wildman–Crippen LogP) is 4.91. The van der Waals surface area contributed by atoms with Gasteiger partial charge in [-0.25, -0.2) is 0 Å². The molecule has 1 fully saturated rings. The maximum absolute atomic E-state index is 5.96. The van der Waals surface area contributed by atoms with Crippen molar-refractivity contribution in [3.8, 4) is 0 Å². The van der Waals surface area contributed by atoms with E-state index in [2.05, 4.69) is 46.4 Å². The number of hydrogen-bond acceptors (Lipinski definition) is 4. The molecule has 0 radical (unpaired) electrons. The number of ether oxygens (including phenoxy) is 3. The third-order valence-corrected chi connectivity index (χ3v) is 4.32. The first-order chi connectivity index (χ1) is 12.2. The Balaban J connectivity index is 1.74. The number of unbranched alkanes of at least 4 members (excludes halogenated alkanes) is 4. The van der Waals surface area contributed by atoms with Gasteiger partial charge in [-0.1, -0.05) is 20.8 Å². The average molecular weight is 372 g/mol. The van der Waals surface area contributed by atoms with Gasteiger partial charge in [0, 0.05) is 32.9 Å². The second kappa shape index (κ2) is 12.3. The molecular formula is C22H45NO3. The van der Waals surface area contributed by atoms with Gasteiger partial charge < -0.3 is 14.2 Å². The molecule has 1 rings (SSSR count). The Morgan fingerprint density at radius 3 is 1.81 bits per heavy atom. The van der Waals surface area contributed by atoms with Crippen LogP contribution in [0.2, 0.25) is 0 Å². The molecule has 1 aliphatic rings. The van der Waals surface area contributed by atoms with Crippen LogP contribution in [0.25, 0.3) is 0 Å². The Morgan fingerprint density at radius 1 is 0.731 bits per heavy atom. The fraction of sp³-hybridized carbons (Fsp3) is 1.00. The number of likely N-dealkylation sites (tertiary alicyclic amines) is 1. The highest BCUT2D eigenvalue weighted by atomic mass is 16.5. The van der Waals surface area contributed by atoms with Crippen molar-refractivity contribution in [2.75, 3.05) is 46.1 Å². The number of rotatable bonds is 14. The standard InChI is InChI=1S/C22H45NO3/c1-21(2,3)19-25-16-12-8-11-15-24-14-10-7-9-13-23-17-20(18-23)26-22(4,5)6/h20H,7-19H2,1-6H3. The Bertz CT molecular complexity index is 340. The van der Waals surface area contributed by atoms with Crippen molar-refractivity contribution in [3.63, 3.8) is 0 Å². The minimum atomic E-state index is -0.00640. The molecule has 0 aromatic rings. The summed E-state index contributed by atoms with van der Waals surface area (Å²) in [5, 5.41) is 0. The molecule has 0 saturated carbocycles. The monoisotopic (exact) mass is 371 g/mol. The lowest BCUT2D eigenvalue weighted by Crippen LogP contribution is -2.54. The van der Waals surface area contributed by atoms with Crippen molar-refractivity contribution in [1.29, 1.82) is 0 Å². The minimum absolute atomic E-state index is 0.00640. The molecule has 4 nitrogen and oxygen atoms in total. The normalized spacial score (nSPS) is 16.8. The molecule has 1 aliphatic heterocycles. The molecular weight excluding hydrogens is 326 g/mol. The summed E-state index contributed by atoms with van der Waals surface area (Å²) < 4.78 is 17.4. The van der Waals surface area contributed by atoms with Crippen LogP contribution in [-0.4, -0.2) is 62.7 Å². The number of nitrogens with zero attached hydrogens (tertiary/aromatic N) is 1. The largest absolute Gasteiger partial charge is 0.381 e. The van der Waals surface area contributed by atoms with Crippen molar-refractivity contribution >= 4 is 0 Å². The van der Waals surface area contributed by atoms with E-state index in [1.807, 2.05) is 0 Å². The van der Waals surface area contributed by atoms with Crippen LogP contribution in [-0.2, 0) is 14.2 Å². The van der Waals surface area contributed by atoms with Crippen molar-refractivity contribution in [2.24, 2.45) is 5.41 Å². The summed E-state index contributed by atoms with van der Waals surface area (Å²) in [6.45, 7) is 20.0. The zero-order valence-corrected chi connectivity index (χ0v) is 18.4. The molecule has 0 spiro atoms. The van der Waals surface area contributed by atoms with E-state index in [0.717, 1.165) is 52.4 Å². The zero-order chi connectivity index (χ0) is 19.5. The van der Waals surface area contributed by atoms with Crippen LogP contribution in [0.15, 0.2) is 0 Å². The molecule has 0 aliphatic carbocycles. The van der Waals surface area contributed by atoms with E-state index in [0.29, 0.717) is 6.10 Å².